The van der Waals surface area contributed by atoms with Crippen molar-refractivity contribution in [3.05, 3.63) is 24.0 Å². The van der Waals surface area contributed by atoms with Crippen molar-refractivity contribution in [1.29, 1.82) is 0 Å². The van der Waals surface area contributed by atoms with Gasteiger partial charge in [0.05, 0.1) is 0 Å². The summed E-state index contributed by atoms with van der Waals surface area (Å²) in [4.78, 5) is 2.24. The molecule has 1 aromatic rings. The molecule has 3 rings (SSSR count). The second-order valence-corrected chi connectivity index (χ2v) is 5.31. The number of halogens is 1. The van der Waals surface area contributed by atoms with Crippen molar-refractivity contribution < 1.29 is 4.39 Å². The minimum Gasteiger partial charge on any atom is -0.399 e. The first kappa shape index (κ1) is 9.94. The van der Waals surface area contributed by atoms with Crippen LogP contribution in [0.15, 0.2) is 18.2 Å². The van der Waals surface area contributed by atoms with E-state index in [2.05, 4.69) is 4.90 Å². The summed E-state index contributed by atoms with van der Waals surface area (Å²) in [6.45, 7) is 2.16. The molecule has 0 aromatic heterocycles. The maximum Gasteiger partial charge on any atom is 0.127 e. The molecule has 1 aliphatic carbocycles. The Morgan fingerprint density at radius 1 is 1.12 bits per heavy atom. The van der Waals surface area contributed by atoms with Crippen LogP contribution in [0.2, 0.25) is 0 Å². The van der Waals surface area contributed by atoms with Crippen molar-refractivity contribution >= 4 is 11.4 Å². The van der Waals surface area contributed by atoms with E-state index in [4.69, 9.17) is 5.73 Å². The molecule has 0 bridgehead atoms. The third kappa shape index (κ3) is 1.55. The Morgan fingerprint density at radius 3 is 2.44 bits per heavy atom. The summed E-state index contributed by atoms with van der Waals surface area (Å²) < 4.78 is 13.2. The van der Waals surface area contributed by atoms with Gasteiger partial charge in [-0.15, -0.1) is 0 Å². The van der Waals surface area contributed by atoms with Crippen LogP contribution in [-0.4, -0.2) is 13.1 Å². The molecule has 0 radical (unpaired) electrons. The molecule has 0 unspecified atom stereocenters. The van der Waals surface area contributed by atoms with Crippen molar-refractivity contribution in [3.8, 4) is 0 Å². The van der Waals surface area contributed by atoms with E-state index in [-0.39, 0.29) is 5.82 Å². The van der Waals surface area contributed by atoms with Crippen LogP contribution >= 0.6 is 0 Å². The largest absolute Gasteiger partial charge is 0.399 e. The predicted octanol–water partition coefficient (Wildman–Crippen LogP) is 2.79. The second kappa shape index (κ2) is 3.37. The van der Waals surface area contributed by atoms with Crippen LogP contribution in [0.25, 0.3) is 0 Å². The number of benzene rings is 1. The molecule has 1 aliphatic heterocycles. The molecule has 2 fully saturated rings. The van der Waals surface area contributed by atoms with Gasteiger partial charge in [0, 0.05) is 29.9 Å². The topological polar surface area (TPSA) is 29.3 Å². The molecule has 1 saturated carbocycles. The summed E-state index contributed by atoms with van der Waals surface area (Å²) in [5, 5.41) is 0. The number of nitrogens with two attached hydrogens (primary N) is 1. The molecule has 1 saturated heterocycles. The normalized spacial score (nSPS) is 22.4. The Hall–Kier alpha value is -1.25. The minimum atomic E-state index is -0.234. The zero-order chi connectivity index (χ0) is 11.2. The van der Waals surface area contributed by atoms with Gasteiger partial charge in [0.25, 0.3) is 0 Å². The van der Waals surface area contributed by atoms with Crippen LogP contribution in [0.1, 0.15) is 25.7 Å². The average Bonchev–Trinajstić information content (AvgIpc) is 2.61. The molecule has 3 heteroatoms. The van der Waals surface area contributed by atoms with E-state index in [0.29, 0.717) is 11.1 Å². The number of nitrogen functional groups attached to an aromatic ring is 1. The van der Waals surface area contributed by atoms with Crippen LogP contribution in [0.3, 0.4) is 0 Å². The quantitative estimate of drug-likeness (QED) is 0.737. The Balaban J connectivity index is 1.75. The fourth-order valence-corrected chi connectivity index (χ4v) is 3.17. The molecule has 1 heterocycles. The maximum atomic E-state index is 13.2. The zero-order valence-electron chi connectivity index (χ0n) is 9.38. The monoisotopic (exact) mass is 220 g/mol. The number of rotatable bonds is 1. The number of anilines is 2. The summed E-state index contributed by atoms with van der Waals surface area (Å²) in [5.74, 6) is -0.234. The van der Waals surface area contributed by atoms with E-state index in [9.17, 15) is 4.39 Å². The third-order valence-corrected chi connectivity index (χ3v) is 3.99. The van der Waals surface area contributed by atoms with Crippen molar-refractivity contribution in [2.75, 3.05) is 23.7 Å². The summed E-state index contributed by atoms with van der Waals surface area (Å²) in [6, 6.07) is 4.82. The van der Waals surface area contributed by atoms with E-state index in [1.54, 1.807) is 6.07 Å². The van der Waals surface area contributed by atoms with E-state index in [1.165, 1.54) is 31.7 Å². The molecule has 1 spiro atoms. The van der Waals surface area contributed by atoms with Gasteiger partial charge in [0.15, 0.2) is 0 Å². The van der Waals surface area contributed by atoms with Gasteiger partial charge >= 0.3 is 0 Å². The minimum absolute atomic E-state index is 0.234. The highest BCUT2D eigenvalue weighted by Crippen LogP contribution is 2.47. The van der Waals surface area contributed by atoms with E-state index in [0.717, 1.165) is 18.8 Å². The highest BCUT2D eigenvalue weighted by molar-refractivity contribution is 5.58. The Labute approximate surface area is 95.2 Å². The Bertz CT molecular complexity index is 382. The summed E-state index contributed by atoms with van der Waals surface area (Å²) >= 11 is 0. The smallest absolute Gasteiger partial charge is 0.127 e. The van der Waals surface area contributed by atoms with Crippen molar-refractivity contribution in [1.82, 2.24) is 0 Å². The summed E-state index contributed by atoms with van der Waals surface area (Å²) in [5.41, 5.74) is 7.65. The zero-order valence-corrected chi connectivity index (χ0v) is 9.38. The standard InChI is InChI=1S/C13H17FN2/c14-10-5-11(15)7-12(6-10)16-8-13(9-16)3-1-2-4-13/h5-7H,1-4,8-9,15H2. The van der Waals surface area contributed by atoms with Crippen LogP contribution in [0, 0.1) is 11.2 Å². The average molecular weight is 220 g/mol. The lowest BCUT2D eigenvalue weighted by Crippen LogP contribution is -2.55. The fraction of sp³-hybridized carbons (Fsp3) is 0.538. The lowest BCUT2D eigenvalue weighted by Gasteiger charge is -2.49. The number of nitrogens with zero attached hydrogens (tertiary/aromatic N) is 1. The van der Waals surface area contributed by atoms with Crippen LogP contribution in [-0.2, 0) is 0 Å². The first-order valence-electron chi connectivity index (χ1n) is 5.98. The van der Waals surface area contributed by atoms with Crippen LogP contribution in [0.5, 0.6) is 0 Å². The molecule has 86 valence electrons. The molecule has 0 amide bonds. The lowest BCUT2D eigenvalue weighted by molar-refractivity contribution is 0.222. The molecular formula is C13H17FN2. The molecule has 16 heavy (non-hydrogen) atoms. The lowest BCUT2D eigenvalue weighted by atomic mass is 9.78. The van der Waals surface area contributed by atoms with Gasteiger partial charge in [-0.25, -0.2) is 4.39 Å². The molecule has 2 aliphatic rings. The van der Waals surface area contributed by atoms with Crippen molar-refractivity contribution in [2.45, 2.75) is 25.7 Å². The molecule has 2 N–H and O–H groups in total. The van der Waals surface area contributed by atoms with Gasteiger partial charge in [-0.3, -0.25) is 0 Å². The van der Waals surface area contributed by atoms with Crippen LogP contribution in [0.4, 0.5) is 15.8 Å². The summed E-state index contributed by atoms with van der Waals surface area (Å²) in [7, 11) is 0. The van der Waals surface area contributed by atoms with Gasteiger partial charge in [0.1, 0.15) is 5.82 Å². The van der Waals surface area contributed by atoms with E-state index < -0.39 is 0 Å². The van der Waals surface area contributed by atoms with Gasteiger partial charge in [-0.1, -0.05) is 12.8 Å². The Kier molecular flexibility index (Phi) is 2.09. The molecule has 0 atom stereocenters. The Morgan fingerprint density at radius 2 is 1.81 bits per heavy atom. The van der Waals surface area contributed by atoms with Gasteiger partial charge in [-0.2, -0.15) is 0 Å². The maximum absolute atomic E-state index is 13.2. The molecule has 2 nitrogen and oxygen atoms in total. The van der Waals surface area contributed by atoms with Gasteiger partial charge < -0.3 is 10.6 Å². The highest BCUT2D eigenvalue weighted by atomic mass is 19.1. The molecule has 1 aromatic carbocycles. The number of hydrogen-bond donors (Lipinski definition) is 1. The third-order valence-electron chi connectivity index (χ3n) is 3.99. The van der Waals surface area contributed by atoms with Crippen molar-refractivity contribution in [2.24, 2.45) is 5.41 Å². The highest BCUT2D eigenvalue weighted by Gasteiger charge is 2.44. The molecular weight excluding hydrogens is 203 g/mol. The van der Waals surface area contributed by atoms with Crippen LogP contribution < -0.4 is 10.6 Å². The first-order valence-corrected chi connectivity index (χ1v) is 5.98. The number of hydrogen-bond acceptors (Lipinski definition) is 2. The second-order valence-electron chi connectivity index (χ2n) is 5.31. The van der Waals surface area contributed by atoms with Gasteiger partial charge in [0.2, 0.25) is 0 Å². The SMILES string of the molecule is Nc1cc(F)cc(N2CC3(CCCC3)C2)c1. The fourth-order valence-electron chi connectivity index (χ4n) is 3.17. The van der Waals surface area contributed by atoms with Crippen molar-refractivity contribution in [3.63, 3.8) is 0 Å². The van der Waals surface area contributed by atoms with Gasteiger partial charge in [-0.05, 0) is 31.0 Å². The summed E-state index contributed by atoms with van der Waals surface area (Å²) in [6.07, 6.45) is 5.40. The predicted molar refractivity (Wildman–Crippen MR) is 63.9 cm³/mol. The van der Waals surface area contributed by atoms with E-state index in [1.807, 2.05) is 6.07 Å². The van der Waals surface area contributed by atoms with E-state index >= 15 is 0 Å². The first-order chi connectivity index (χ1) is 7.67.